The van der Waals surface area contributed by atoms with Crippen molar-refractivity contribution in [3.8, 4) is 5.75 Å². The predicted molar refractivity (Wildman–Crippen MR) is 75.6 cm³/mol. The number of amides is 1. The van der Waals surface area contributed by atoms with Crippen molar-refractivity contribution in [2.45, 2.75) is 25.3 Å². The Morgan fingerprint density at radius 1 is 1.38 bits per heavy atom. The molecule has 0 saturated heterocycles. The zero-order chi connectivity index (χ0) is 14.5. The highest BCUT2D eigenvalue weighted by molar-refractivity contribution is 5.77. The summed E-state index contributed by atoms with van der Waals surface area (Å²) < 4.78 is 5.32. The van der Waals surface area contributed by atoms with E-state index >= 15 is 0 Å². The van der Waals surface area contributed by atoms with Crippen LogP contribution in [-0.4, -0.2) is 27.5 Å². The lowest BCUT2D eigenvalue weighted by atomic mass is 10.2. The smallest absolute Gasteiger partial charge is 0.258 e. The first-order valence-electron chi connectivity index (χ1n) is 6.91. The van der Waals surface area contributed by atoms with Gasteiger partial charge in [-0.05, 0) is 31.0 Å². The van der Waals surface area contributed by atoms with Crippen LogP contribution < -0.4 is 10.1 Å². The molecule has 1 N–H and O–H groups in total. The van der Waals surface area contributed by atoms with Crippen molar-refractivity contribution in [3.63, 3.8) is 0 Å². The first-order chi connectivity index (χ1) is 10.3. The van der Waals surface area contributed by atoms with Gasteiger partial charge in [-0.25, -0.2) is 9.97 Å². The Balaban J connectivity index is 1.46. The Morgan fingerprint density at radius 3 is 3.05 bits per heavy atom. The Labute approximate surface area is 122 Å². The lowest BCUT2D eigenvalue weighted by Crippen LogP contribution is -2.28. The number of nitrogens with one attached hydrogen (secondary N) is 1. The van der Waals surface area contributed by atoms with Crippen LogP contribution >= 0.6 is 0 Å². The molecule has 1 aliphatic carbocycles. The molecule has 0 atom stereocenters. The van der Waals surface area contributed by atoms with Gasteiger partial charge in [0.25, 0.3) is 5.91 Å². The number of aromatic nitrogens is 3. The highest BCUT2D eigenvalue weighted by atomic mass is 16.5. The monoisotopic (exact) mass is 284 g/mol. The van der Waals surface area contributed by atoms with E-state index in [0.717, 1.165) is 11.4 Å². The van der Waals surface area contributed by atoms with Crippen molar-refractivity contribution < 1.29 is 9.53 Å². The third-order valence-corrected chi connectivity index (χ3v) is 3.21. The summed E-state index contributed by atoms with van der Waals surface area (Å²) in [5.74, 6) is 0.965. The van der Waals surface area contributed by atoms with Gasteiger partial charge in [0.15, 0.2) is 6.61 Å². The minimum atomic E-state index is -0.189. The van der Waals surface area contributed by atoms with Crippen LogP contribution in [0.15, 0.2) is 36.9 Å². The fraction of sp³-hybridized carbons (Fsp3) is 0.333. The van der Waals surface area contributed by atoms with Gasteiger partial charge in [-0.2, -0.15) is 0 Å². The van der Waals surface area contributed by atoms with Crippen molar-refractivity contribution >= 4 is 5.91 Å². The van der Waals surface area contributed by atoms with Crippen LogP contribution in [0.4, 0.5) is 0 Å². The molecule has 0 radical (unpaired) electrons. The molecule has 6 nitrogen and oxygen atoms in total. The summed E-state index contributed by atoms with van der Waals surface area (Å²) in [5.41, 5.74) is 1.89. The van der Waals surface area contributed by atoms with Crippen LogP contribution in [0.3, 0.4) is 0 Å². The van der Waals surface area contributed by atoms with E-state index in [1.165, 1.54) is 12.8 Å². The summed E-state index contributed by atoms with van der Waals surface area (Å²) in [6, 6.07) is 5.47. The summed E-state index contributed by atoms with van der Waals surface area (Å²) in [7, 11) is 0. The average molecular weight is 284 g/mol. The molecule has 0 aliphatic heterocycles. The summed E-state index contributed by atoms with van der Waals surface area (Å²) in [5, 5.41) is 2.78. The number of hydrogen-bond donors (Lipinski definition) is 1. The second-order valence-electron chi connectivity index (χ2n) is 4.96. The molecule has 1 saturated carbocycles. The molecule has 2 aromatic heterocycles. The first kappa shape index (κ1) is 13.5. The summed E-state index contributed by atoms with van der Waals surface area (Å²) in [6.07, 6.45) is 7.17. The fourth-order valence-corrected chi connectivity index (χ4v) is 1.94. The lowest BCUT2D eigenvalue weighted by molar-refractivity contribution is -0.123. The van der Waals surface area contributed by atoms with E-state index in [1.54, 1.807) is 30.9 Å². The van der Waals surface area contributed by atoms with Crippen molar-refractivity contribution in [2.75, 3.05) is 6.61 Å². The number of hydrogen-bond acceptors (Lipinski definition) is 5. The van der Waals surface area contributed by atoms with Crippen LogP contribution in [0.2, 0.25) is 0 Å². The maximum absolute atomic E-state index is 11.7. The number of ether oxygens (including phenoxy) is 1. The largest absolute Gasteiger partial charge is 0.482 e. The Hall–Kier alpha value is -2.50. The van der Waals surface area contributed by atoms with Gasteiger partial charge in [0.05, 0.1) is 18.4 Å². The Morgan fingerprint density at radius 2 is 2.29 bits per heavy atom. The van der Waals surface area contributed by atoms with Crippen LogP contribution in [0.1, 0.15) is 30.1 Å². The third-order valence-electron chi connectivity index (χ3n) is 3.21. The molecule has 1 aliphatic rings. The molecule has 0 aromatic carbocycles. The molecule has 2 aromatic rings. The zero-order valence-corrected chi connectivity index (χ0v) is 11.5. The molecule has 0 bridgehead atoms. The molecule has 0 unspecified atom stereocenters. The second-order valence-corrected chi connectivity index (χ2v) is 4.96. The summed E-state index contributed by atoms with van der Waals surface area (Å²) >= 11 is 0. The van der Waals surface area contributed by atoms with E-state index in [9.17, 15) is 4.79 Å². The average Bonchev–Trinajstić information content (AvgIpc) is 3.37. The molecule has 1 fully saturated rings. The Kier molecular flexibility index (Phi) is 4.04. The number of carbonyl (C=O) groups excluding carboxylic acids is 1. The minimum absolute atomic E-state index is 0.0355. The molecular weight excluding hydrogens is 268 g/mol. The normalized spacial score (nSPS) is 13.7. The van der Waals surface area contributed by atoms with Crippen LogP contribution in [0.5, 0.6) is 5.75 Å². The van der Waals surface area contributed by atoms with Crippen molar-refractivity contribution in [3.05, 3.63) is 48.3 Å². The van der Waals surface area contributed by atoms with E-state index in [1.807, 2.05) is 6.07 Å². The molecule has 3 rings (SSSR count). The van der Waals surface area contributed by atoms with Crippen molar-refractivity contribution in [1.82, 2.24) is 20.3 Å². The first-order valence-corrected chi connectivity index (χ1v) is 6.91. The maximum atomic E-state index is 11.7. The molecule has 0 spiro atoms. The van der Waals surface area contributed by atoms with Gasteiger partial charge >= 0.3 is 0 Å². The molecule has 108 valence electrons. The summed E-state index contributed by atoms with van der Waals surface area (Å²) in [6.45, 7) is 0.351. The number of nitrogens with zero attached hydrogens (tertiary/aromatic N) is 3. The zero-order valence-electron chi connectivity index (χ0n) is 11.5. The standard InChI is InChI=1S/C15H16N4O2/c20-15(9-21-13-2-1-5-16-8-13)17-7-12-6-14(11-3-4-11)19-10-18-12/h1-2,5-6,8,10-11H,3-4,7,9H2,(H,17,20). The minimum Gasteiger partial charge on any atom is -0.482 e. The van der Waals surface area contributed by atoms with E-state index < -0.39 is 0 Å². The molecule has 21 heavy (non-hydrogen) atoms. The Bertz CT molecular complexity index is 614. The van der Waals surface area contributed by atoms with Crippen molar-refractivity contribution in [1.29, 1.82) is 0 Å². The lowest BCUT2D eigenvalue weighted by Gasteiger charge is -2.07. The van der Waals surface area contributed by atoms with Gasteiger partial charge in [0.1, 0.15) is 12.1 Å². The van der Waals surface area contributed by atoms with E-state index in [-0.39, 0.29) is 12.5 Å². The fourth-order valence-electron chi connectivity index (χ4n) is 1.94. The number of carbonyl (C=O) groups is 1. The van der Waals surface area contributed by atoms with E-state index in [0.29, 0.717) is 18.2 Å². The van der Waals surface area contributed by atoms with E-state index in [4.69, 9.17) is 4.74 Å². The number of pyridine rings is 1. The van der Waals surface area contributed by atoms with Crippen LogP contribution in [-0.2, 0) is 11.3 Å². The van der Waals surface area contributed by atoms with Gasteiger partial charge in [-0.1, -0.05) is 0 Å². The predicted octanol–water partition coefficient (Wildman–Crippen LogP) is 1.44. The molecule has 1 amide bonds. The summed E-state index contributed by atoms with van der Waals surface area (Å²) in [4.78, 5) is 24.0. The third kappa shape index (κ3) is 3.98. The SMILES string of the molecule is O=C(COc1cccnc1)NCc1cc(C2CC2)ncn1. The van der Waals surface area contributed by atoms with Gasteiger partial charge in [-0.15, -0.1) is 0 Å². The molecule has 2 heterocycles. The second kappa shape index (κ2) is 6.30. The van der Waals surface area contributed by atoms with Crippen LogP contribution in [0, 0.1) is 0 Å². The molecule has 6 heteroatoms. The highest BCUT2D eigenvalue weighted by Gasteiger charge is 2.25. The highest BCUT2D eigenvalue weighted by Crippen LogP contribution is 2.38. The maximum Gasteiger partial charge on any atom is 0.258 e. The van der Waals surface area contributed by atoms with Gasteiger partial charge < -0.3 is 10.1 Å². The van der Waals surface area contributed by atoms with Gasteiger partial charge in [0.2, 0.25) is 0 Å². The van der Waals surface area contributed by atoms with Crippen molar-refractivity contribution in [2.24, 2.45) is 0 Å². The van der Waals surface area contributed by atoms with E-state index in [2.05, 4.69) is 20.3 Å². The van der Waals surface area contributed by atoms with Gasteiger partial charge in [0, 0.05) is 17.8 Å². The van der Waals surface area contributed by atoms with Crippen LogP contribution in [0.25, 0.3) is 0 Å². The topological polar surface area (TPSA) is 77.0 Å². The molecular formula is C15H16N4O2. The van der Waals surface area contributed by atoms with Gasteiger partial charge in [-0.3, -0.25) is 9.78 Å². The number of rotatable bonds is 6. The quantitative estimate of drug-likeness (QED) is 0.868.